The maximum absolute atomic E-state index is 13.4. The van der Waals surface area contributed by atoms with Gasteiger partial charge in [0.2, 0.25) is 5.91 Å². The van der Waals surface area contributed by atoms with Crippen molar-refractivity contribution in [1.82, 2.24) is 25.0 Å². The number of amides is 1. The summed E-state index contributed by atoms with van der Waals surface area (Å²) in [5.74, 6) is 0.364. The van der Waals surface area contributed by atoms with Gasteiger partial charge in [0.05, 0.1) is 19.3 Å². The summed E-state index contributed by atoms with van der Waals surface area (Å²) in [5, 5.41) is 10.2. The van der Waals surface area contributed by atoms with Crippen LogP contribution in [0.5, 0.6) is 0 Å². The number of halogens is 1. The van der Waals surface area contributed by atoms with Gasteiger partial charge in [-0.25, -0.2) is 4.39 Å². The summed E-state index contributed by atoms with van der Waals surface area (Å²) >= 11 is 5.38. The number of aromatic amines is 1. The fourth-order valence-corrected chi connectivity index (χ4v) is 4.22. The van der Waals surface area contributed by atoms with Gasteiger partial charge in [-0.05, 0) is 36.8 Å². The van der Waals surface area contributed by atoms with E-state index in [1.807, 2.05) is 35.8 Å². The average Bonchev–Trinajstić information content (AvgIpc) is 3.20. The standard InChI is InChI=1S/C24H28FN5O2S/c1-17-2-4-19(5-3-17)23-27-28-24(33)30(23)11-10-22(31)26-16-21(29-12-14-32-15-13-29)18-6-8-20(25)9-7-18/h2-9,21H,10-16H2,1H3,(H,26,31)(H,28,33)/t21-/m1/s1. The minimum Gasteiger partial charge on any atom is -0.379 e. The Balaban J connectivity index is 1.40. The van der Waals surface area contributed by atoms with E-state index in [-0.39, 0.29) is 24.2 Å². The third kappa shape index (κ3) is 5.93. The number of benzene rings is 2. The topological polar surface area (TPSA) is 75.2 Å². The fourth-order valence-electron chi connectivity index (χ4n) is 3.99. The van der Waals surface area contributed by atoms with Crippen molar-refractivity contribution >= 4 is 18.1 Å². The van der Waals surface area contributed by atoms with Gasteiger partial charge in [-0.2, -0.15) is 5.10 Å². The van der Waals surface area contributed by atoms with Crippen LogP contribution in [0.2, 0.25) is 0 Å². The molecule has 33 heavy (non-hydrogen) atoms. The van der Waals surface area contributed by atoms with Gasteiger partial charge in [0.15, 0.2) is 10.6 Å². The first kappa shape index (κ1) is 23.3. The lowest BCUT2D eigenvalue weighted by atomic mass is 10.0. The van der Waals surface area contributed by atoms with E-state index in [2.05, 4.69) is 20.4 Å². The third-order valence-electron chi connectivity index (χ3n) is 5.86. The zero-order chi connectivity index (χ0) is 23.2. The summed E-state index contributed by atoms with van der Waals surface area (Å²) in [6, 6.07) is 14.4. The van der Waals surface area contributed by atoms with Gasteiger partial charge < -0.3 is 10.1 Å². The molecule has 2 N–H and O–H groups in total. The number of ether oxygens (including phenoxy) is 1. The predicted molar refractivity (Wildman–Crippen MR) is 127 cm³/mol. The monoisotopic (exact) mass is 469 g/mol. The molecule has 4 rings (SSSR count). The minimum absolute atomic E-state index is 0.0438. The number of carbonyl (C=O) groups is 1. The number of carbonyl (C=O) groups excluding carboxylic acids is 1. The summed E-state index contributed by atoms with van der Waals surface area (Å²) < 4.78 is 21.2. The number of aryl methyl sites for hydroxylation is 1. The van der Waals surface area contributed by atoms with Crippen LogP contribution in [0, 0.1) is 17.5 Å². The third-order valence-corrected chi connectivity index (χ3v) is 6.18. The molecule has 1 fully saturated rings. The normalized spacial score (nSPS) is 15.3. The molecule has 2 aromatic carbocycles. The molecule has 0 spiro atoms. The van der Waals surface area contributed by atoms with Gasteiger partial charge in [0.1, 0.15) is 5.82 Å². The number of hydrogen-bond donors (Lipinski definition) is 2. The summed E-state index contributed by atoms with van der Waals surface area (Å²) in [7, 11) is 0. The first-order chi connectivity index (χ1) is 16.0. The lowest BCUT2D eigenvalue weighted by Crippen LogP contribution is -2.43. The second kappa shape index (κ2) is 10.8. The van der Waals surface area contributed by atoms with Crippen LogP contribution in [0.25, 0.3) is 11.4 Å². The molecular weight excluding hydrogens is 441 g/mol. The van der Waals surface area contributed by atoms with Crippen molar-refractivity contribution in [1.29, 1.82) is 0 Å². The number of hydrogen-bond acceptors (Lipinski definition) is 5. The number of H-pyrrole nitrogens is 1. The Labute approximate surface area is 197 Å². The van der Waals surface area contributed by atoms with Gasteiger partial charge in [0.25, 0.3) is 0 Å². The lowest BCUT2D eigenvalue weighted by Gasteiger charge is -2.35. The first-order valence-electron chi connectivity index (χ1n) is 11.1. The van der Waals surface area contributed by atoms with E-state index in [1.54, 1.807) is 12.1 Å². The molecule has 3 aromatic rings. The smallest absolute Gasteiger partial charge is 0.221 e. The molecule has 0 saturated carbocycles. The van der Waals surface area contributed by atoms with E-state index in [0.717, 1.165) is 29.8 Å². The maximum Gasteiger partial charge on any atom is 0.221 e. The van der Waals surface area contributed by atoms with E-state index >= 15 is 0 Å². The molecule has 0 bridgehead atoms. The van der Waals surface area contributed by atoms with E-state index in [1.165, 1.54) is 12.1 Å². The molecule has 9 heteroatoms. The molecule has 1 aliphatic heterocycles. The Kier molecular flexibility index (Phi) is 7.64. The SMILES string of the molecule is Cc1ccc(-c2n[nH]c(=S)n2CCC(=O)NC[C@H](c2ccc(F)cc2)N2CCOCC2)cc1. The van der Waals surface area contributed by atoms with Crippen LogP contribution in [0.15, 0.2) is 48.5 Å². The number of rotatable bonds is 8. The van der Waals surface area contributed by atoms with Crippen LogP contribution < -0.4 is 5.32 Å². The molecule has 1 saturated heterocycles. The van der Waals surface area contributed by atoms with Crippen molar-refractivity contribution in [2.24, 2.45) is 0 Å². The molecule has 1 amide bonds. The quantitative estimate of drug-likeness (QED) is 0.493. The zero-order valence-corrected chi connectivity index (χ0v) is 19.4. The average molecular weight is 470 g/mol. The molecule has 7 nitrogen and oxygen atoms in total. The highest BCUT2D eigenvalue weighted by Crippen LogP contribution is 2.22. The zero-order valence-electron chi connectivity index (χ0n) is 18.6. The Morgan fingerprint density at radius 1 is 1.18 bits per heavy atom. The molecule has 1 aliphatic rings. The van der Waals surface area contributed by atoms with Gasteiger partial charge in [-0.3, -0.25) is 19.4 Å². The summed E-state index contributed by atoms with van der Waals surface area (Å²) in [6.07, 6.45) is 0.270. The molecule has 174 valence electrons. The van der Waals surface area contributed by atoms with Crippen LogP contribution in [0.4, 0.5) is 4.39 Å². The van der Waals surface area contributed by atoms with Gasteiger partial charge >= 0.3 is 0 Å². The molecule has 0 unspecified atom stereocenters. The number of nitrogens with zero attached hydrogens (tertiary/aromatic N) is 3. The summed E-state index contributed by atoms with van der Waals surface area (Å²) in [5.41, 5.74) is 3.07. The molecule has 0 radical (unpaired) electrons. The number of nitrogens with one attached hydrogen (secondary N) is 2. The second-order valence-electron chi connectivity index (χ2n) is 8.14. The minimum atomic E-state index is -0.273. The summed E-state index contributed by atoms with van der Waals surface area (Å²) in [4.78, 5) is 15.0. The van der Waals surface area contributed by atoms with Crippen LogP contribution >= 0.6 is 12.2 Å². The lowest BCUT2D eigenvalue weighted by molar-refractivity contribution is -0.121. The fraction of sp³-hybridized carbons (Fsp3) is 0.375. The molecule has 1 atom stereocenters. The molecule has 0 aliphatic carbocycles. The number of aromatic nitrogens is 3. The molecule has 1 aromatic heterocycles. The van der Waals surface area contributed by atoms with E-state index in [4.69, 9.17) is 17.0 Å². The highest BCUT2D eigenvalue weighted by atomic mass is 32.1. The van der Waals surface area contributed by atoms with Crippen LogP contribution in [0.3, 0.4) is 0 Å². The highest BCUT2D eigenvalue weighted by Gasteiger charge is 2.23. The van der Waals surface area contributed by atoms with Crippen LogP contribution in [-0.4, -0.2) is 58.4 Å². The van der Waals surface area contributed by atoms with Gasteiger partial charge in [-0.1, -0.05) is 42.0 Å². The Hall–Kier alpha value is -2.88. The van der Waals surface area contributed by atoms with Gasteiger partial charge in [-0.15, -0.1) is 0 Å². The largest absolute Gasteiger partial charge is 0.379 e. The van der Waals surface area contributed by atoms with Crippen molar-refractivity contribution in [3.63, 3.8) is 0 Å². The van der Waals surface area contributed by atoms with E-state index in [9.17, 15) is 9.18 Å². The van der Waals surface area contributed by atoms with Crippen molar-refractivity contribution in [2.45, 2.75) is 25.9 Å². The van der Waals surface area contributed by atoms with E-state index in [0.29, 0.717) is 36.9 Å². The first-order valence-corrected chi connectivity index (χ1v) is 11.5. The summed E-state index contributed by atoms with van der Waals surface area (Å²) in [6.45, 7) is 5.71. The van der Waals surface area contributed by atoms with E-state index < -0.39 is 0 Å². The highest BCUT2D eigenvalue weighted by molar-refractivity contribution is 7.71. The predicted octanol–water partition coefficient (Wildman–Crippen LogP) is 3.64. The Morgan fingerprint density at radius 2 is 1.88 bits per heavy atom. The molecular formula is C24H28FN5O2S. The maximum atomic E-state index is 13.4. The Bertz CT molecular complexity index is 1120. The van der Waals surface area contributed by atoms with Crippen molar-refractivity contribution < 1.29 is 13.9 Å². The van der Waals surface area contributed by atoms with Crippen LogP contribution in [0.1, 0.15) is 23.6 Å². The van der Waals surface area contributed by atoms with Crippen molar-refractivity contribution in [2.75, 3.05) is 32.8 Å². The molecule has 2 heterocycles. The van der Waals surface area contributed by atoms with Crippen molar-refractivity contribution in [3.8, 4) is 11.4 Å². The van der Waals surface area contributed by atoms with Crippen molar-refractivity contribution in [3.05, 3.63) is 70.2 Å². The second-order valence-corrected chi connectivity index (χ2v) is 8.53. The van der Waals surface area contributed by atoms with Gasteiger partial charge in [0, 0.05) is 38.2 Å². The number of morpholine rings is 1. The van der Waals surface area contributed by atoms with Crippen LogP contribution in [-0.2, 0) is 16.1 Å². The Morgan fingerprint density at radius 3 is 2.58 bits per heavy atom.